The second-order valence-electron chi connectivity index (χ2n) is 12.4. The molecule has 1 saturated carbocycles. The molecule has 4 atom stereocenters. The highest BCUT2D eigenvalue weighted by molar-refractivity contribution is 5.79. The fourth-order valence-corrected chi connectivity index (χ4v) is 5.53. The molecule has 3 aliphatic rings. The van der Waals surface area contributed by atoms with E-state index in [1.807, 2.05) is 32.2 Å². The summed E-state index contributed by atoms with van der Waals surface area (Å²) < 4.78 is 4.99. The monoisotopic (exact) mass is 689 g/mol. The number of hydrogen-bond acceptors (Lipinski definition) is 7. The summed E-state index contributed by atoms with van der Waals surface area (Å²) in [5, 5.41) is 21.5. The Hall–Kier alpha value is -3.97. The lowest BCUT2D eigenvalue weighted by molar-refractivity contribution is -0.136. The number of fused-ring (bicyclic) bond motifs is 1. The smallest absolute Gasteiger partial charge is 0.407 e. The Balaban J connectivity index is 0.000000396. The Bertz CT molecular complexity index is 1140. The molecule has 1 aromatic rings. The molecule has 2 fully saturated rings. The zero-order valence-electron chi connectivity index (χ0n) is 29.6. The second kappa shape index (κ2) is 26.0. The number of amides is 4. The van der Waals surface area contributed by atoms with E-state index in [0.29, 0.717) is 38.7 Å². The number of unbranched alkanes of at least 4 members (excludes halogenated alkanes) is 5. The van der Waals surface area contributed by atoms with Crippen molar-refractivity contribution in [1.29, 1.82) is 0 Å². The maximum absolute atomic E-state index is 12.3. The Labute approximate surface area is 291 Å². The van der Waals surface area contributed by atoms with Gasteiger partial charge < -0.3 is 45.9 Å². The number of aldehydes is 1. The molecule has 2 aliphatic heterocycles. The molecular weight excluding hydrogens is 630 g/mol. The van der Waals surface area contributed by atoms with Crippen molar-refractivity contribution in [2.24, 2.45) is 11.7 Å². The van der Waals surface area contributed by atoms with Crippen molar-refractivity contribution in [3.8, 4) is 0 Å². The van der Waals surface area contributed by atoms with Gasteiger partial charge in [0.1, 0.15) is 6.29 Å². The molecule has 3 unspecified atom stereocenters. The highest BCUT2D eigenvalue weighted by atomic mass is 16.5. The SMILES string of the molecule is CCCCN(C(=O)CCCCCC/C=C\[C@@H]1CC1NC)C(C)C=O.NC(=O)NC1CCOC1.O=C(O)N1CCc2ccccc2C1.O=CO. The van der Waals surface area contributed by atoms with E-state index in [9.17, 15) is 19.2 Å². The first-order valence-electron chi connectivity index (χ1n) is 17.5. The van der Waals surface area contributed by atoms with Gasteiger partial charge in [-0.2, -0.15) is 0 Å². The van der Waals surface area contributed by atoms with Gasteiger partial charge in [-0.25, -0.2) is 9.59 Å². The Morgan fingerprint density at radius 3 is 2.39 bits per heavy atom. The van der Waals surface area contributed by atoms with Crippen molar-refractivity contribution in [3.05, 3.63) is 47.5 Å². The first-order chi connectivity index (χ1) is 23.6. The van der Waals surface area contributed by atoms with E-state index < -0.39 is 12.1 Å². The fourth-order valence-electron chi connectivity index (χ4n) is 5.53. The molecule has 13 nitrogen and oxygen atoms in total. The van der Waals surface area contributed by atoms with E-state index in [0.717, 1.165) is 69.3 Å². The third kappa shape index (κ3) is 19.0. The Kier molecular flexibility index (Phi) is 22.8. The molecule has 1 aliphatic carbocycles. The summed E-state index contributed by atoms with van der Waals surface area (Å²) in [5.41, 5.74) is 7.28. The van der Waals surface area contributed by atoms with Gasteiger partial charge in [0.2, 0.25) is 5.91 Å². The maximum atomic E-state index is 12.3. The number of primary amides is 1. The Morgan fingerprint density at radius 2 is 1.82 bits per heavy atom. The van der Waals surface area contributed by atoms with Crippen LogP contribution in [-0.4, -0.2) is 102 Å². The molecule has 4 amide bonds. The predicted molar refractivity (Wildman–Crippen MR) is 189 cm³/mol. The van der Waals surface area contributed by atoms with Crippen LogP contribution in [-0.2, 0) is 32.1 Å². The minimum absolute atomic E-state index is 0.134. The lowest BCUT2D eigenvalue weighted by Gasteiger charge is -2.26. The standard InChI is InChI=1S/C20H36N2O2.C10H11NO2.C5H10N2O2.CH2O2/c1-4-5-14-22(17(2)16-23)20(24)13-11-9-7-6-8-10-12-18-15-19(18)21-3;12-10(13)11-6-5-8-3-1-2-4-9(8)7-11;6-5(8)7-4-1-2-9-3-4;2-1-3/h10,12,16-19,21H,4-9,11,13-15H2,1-3H3;1-4H,5-7H2,(H,12,13);4H,1-3H2,(H3,6,7,8);1H,(H,2,3)/b12-10-;;;/t17?,18-,19?;;;/m1.../s1. The van der Waals surface area contributed by atoms with E-state index >= 15 is 0 Å². The van der Waals surface area contributed by atoms with Crippen LogP contribution in [0.1, 0.15) is 89.2 Å². The number of carbonyl (C=O) groups is 5. The summed E-state index contributed by atoms with van der Waals surface area (Å²) in [6.45, 7) is 6.84. The number of nitrogens with zero attached hydrogens (tertiary/aromatic N) is 2. The van der Waals surface area contributed by atoms with E-state index in [2.05, 4.69) is 35.8 Å². The van der Waals surface area contributed by atoms with Gasteiger partial charge in [0, 0.05) is 38.7 Å². The van der Waals surface area contributed by atoms with Crippen LogP contribution >= 0.6 is 0 Å². The van der Waals surface area contributed by atoms with Gasteiger partial charge in [0.25, 0.3) is 6.47 Å². The summed E-state index contributed by atoms with van der Waals surface area (Å²) in [6, 6.07) is 8.08. The van der Waals surface area contributed by atoms with Gasteiger partial charge >= 0.3 is 12.1 Å². The molecule has 0 radical (unpaired) electrons. The van der Waals surface area contributed by atoms with Gasteiger partial charge in [-0.05, 0) is 76.0 Å². The first-order valence-corrected chi connectivity index (χ1v) is 17.5. The summed E-state index contributed by atoms with van der Waals surface area (Å²) in [7, 11) is 2.03. The molecule has 4 rings (SSSR count). The number of hydrogen-bond donors (Lipinski definition) is 5. The van der Waals surface area contributed by atoms with Crippen LogP contribution in [0.25, 0.3) is 0 Å². The predicted octanol–water partition coefficient (Wildman–Crippen LogP) is 4.57. The molecule has 0 aromatic heterocycles. The third-order valence-electron chi connectivity index (χ3n) is 8.54. The highest BCUT2D eigenvalue weighted by Crippen LogP contribution is 2.31. The highest BCUT2D eigenvalue weighted by Gasteiger charge is 2.32. The zero-order valence-corrected chi connectivity index (χ0v) is 29.6. The molecule has 2 heterocycles. The third-order valence-corrected chi connectivity index (χ3v) is 8.54. The van der Waals surface area contributed by atoms with Gasteiger partial charge in [0.05, 0.1) is 18.7 Å². The molecule has 276 valence electrons. The van der Waals surface area contributed by atoms with Crippen LogP contribution in [0, 0.1) is 5.92 Å². The van der Waals surface area contributed by atoms with Crippen molar-refractivity contribution >= 4 is 30.8 Å². The van der Waals surface area contributed by atoms with Gasteiger partial charge in [-0.1, -0.05) is 62.6 Å². The minimum Gasteiger partial charge on any atom is -0.483 e. The number of urea groups is 1. The molecule has 49 heavy (non-hydrogen) atoms. The minimum atomic E-state index is -0.825. The number of ether oxygens (including phenoxy) is 1. The van der Waals surface area contributed by atoms with Crippen molar-refractivity contribution in [3.63, 3.8) is 0 Å². The van der Waals surface area contributed by atoms with Crippen LogP contribution in [0.4, 0.5) is 9.59 Å². The molecule has 1 saturated heterocycles. The van der Waals surface area contributed by atoms with Crippen molar-refractivity contribution in [2.45, 2.75) is 109 Å². The van der Waals surface area contributed by atoms with Crippen molar-refractivity contribution in [1.82, 2.24) is 20.4 Å². The van der Waals surface area contributed by atoms with E-state index in [-0.39, 0.29) is 24.5 Å². The molecule has 13 heteroatoms. The number of benzene rings is 1. The van der Waals surface area contributed by atoms with Crippen molar-refractivity contribution in [2.75, 3.05) is 33.4 Å². The number of carbonyl (C=O) groups excluding carboxylic acids is 3. The lowest BCUT2D eigenvalue weighted by Crippen LogP contribution is -2.40. The average molecular weight is 690 g/mol. The van der Waals surface area contributed by atoms with Gasteiger partial charge in [-0.15, -0.1) is 0 Å². The molecule has 6 N–H and O–H groups in total. The second-order valence-corrected chi connectivity index (χ2v) is 12.4. The van der Waals surface area contributed by atoms with Crippen LogP contribution < -0.4 is 16.4 Å². The van der Waals surface area contributed by atoms with Gasteiger partial charge in [-0.3, -0.25) is 9.59 Å². The number of carboxylic acid groups (broad SMARTS) is 2. The quantitative estimate of drug-likeness (QED) is 0.0997. The van der Waals surface area contributed by atoms with Crippen LogP contribution in [0.5, 0.6) is 0 Å². The number of rotatable bonds is 15. The van der Waals surface area contributed by atoms with Crippen LogP contribution in [0.3, 0.4) is 0 Å². The number of allylic oxidation sites excluding steroid dienone is 1. The van der Waals surface area contributed by atoms with E-state index in [1.54, 1.807) is 4.90 Å². The molecule has 1 aromatic carbocycles. The topological polar surface area (TPSA) is 192 Å². The lowest BCUT2D eigenvalue weighted by atomic mass is 10.0. The van der Waals surface area contributed by atoms with Crippen molar-refractivity contribution < 1.29 is 38.9 Å². The molecule has 0 bridgehead atoms. The summed E-state index contributed by atoms with van der Waals surface area (Å²) in [4.78, 5) is 55.7. The average Bonchev–Trinajstić information content (AvgIpc) is 3.67. The molecular formula is C36H59N5O8. The van der Waals surface area contributed by atoms with E-state index in [1.165, 1.54) is 29.7 Å². The normalized spacial score (nSPS) is 19.3. The van der Waals surface area contributed by atoms with Crippen LogP contribution in [0.15, 0.2) is 36.4 Å². The summed E-state index contributed by atoms with van der Waals surface area (Å²) >= 11 is 0. The Morgan fingerprint density at radius 1 is 1.12 bits per heavy atom. The maximum Gasteiger partial charge on any atom is 0.407 e. The number of nitrogens with two attached hydrogens (primary N) is 1. The largest absolute Gasteiger partial charge is 0.483 e. The molecule has 0 spiro atoms. The van der Waals surface area contributed by atoms with E-state index in [4.69, 9.17) is 25.5 Å². The summed E-state index contributed by atoms with van der Waals surface area (Å²) in [6.07, 6.45) is 15.8. The zero-order chi connectivity index (χ0) is 36.4. The van der Waals surface area contributed by atoms with Gasteiger partial charge in [0.15, 0.2) is 0 Å². The fraction of sp³-hybridized carbons (Fsp3) is 0.639. The van der Waals surface area contributed by atoms with Crippen LogP contribution in [0.2, 0.25) is 0 Å². The number of nitrogens with one attached hydrogen (secondary N) is 2. The first kappa shape index (κ1) is 43.1. The summed E-state index contributed by atoms with van der Waals surface area (Å²) in [5.74, 6) is 0.885.